The second-order valence-corrected chi connectivity index (χ2v) is 4.34. The Hall–Kier alpha value is -1.88. The molecule has 0 aliphatic carbocycles. The summed E-state index contributed by atoms with van der Waals surface area (Å²) in [5.74, 6) is -0.824. The minimum Gasteiger partial charge on any atom is -0.305 e. The Morgan fingerprint density at radius 2 is 2.17 bits per heavy atom. The number of benzene rings is 1. The smallest absolute Gasteiger partial charge is 0.259 e. The van der Waals surface area contributed by atoms with Crippen molar-refractivity contribution in [2.24, 2.45) is 0 Å². The first kappa shape index (κ1) is 12.6. The van der Waals surface area contributed by atoms with Crippen LogP contribution >= 0.6 is 11.6 Å². The van der Waals surface area contributed by atoms with Gasteiger partial charge in [-0.2, -0.15) is 5.10 Å². The summed E-state index contributed by atoms with van der Waals surface area (Å²) in [6.07, 6.45) is 0. The van der Waals surface area contributed by atoms with Crippen LogP contribution in [-0.2, 0) is 0 Å². The van der Waals surface area contributed by atoms with Gasteiger partial charge in [0.15, 0.2) is 5.82 Å². The summed E-state index contributed by atoms with van der Waals surface area (Å²) in [7, 11) is 0. The van der Waals surface area contributed by atoms with Gasteiger partial charge in [-0.15, -0.1) is 0 Å². The highest BCUT2D eigenvalue weighted by molar-refractivity contribution is 6.30. The standard InChI is InChI=1S/C12H11ClFN3O/c1-6-7(2)16-17-11(6)15-12(18)9-4-3-8(13)5-10(9)14/h3-5H,1-2H3,(H2,15,16,17,18). The largest absolute Gasteiger partial charge is 0.305 e. The fourth-order valence-corrected chi connectivity index (χ4v) is 1.61. The van der Waals surface area contributed by atoms with E-state index in [1.54, 1.807) is 0 Å². The second-order valence-electron chi connectivity index (χ2n) is 3.90. The number of aromatic amines is 1. The van der Waals surface area contributed by atoms with E-state index in [2.05, 4.69) is 15.5 Å². The van der Waals surface area contributed by atoms with Crippen molar-refractivity contribution in [3.05, 3.63) is 45.9 Å². The quantitative estimate of drug-likeness (QED) is 0.878. The highest BCUT2D eigenvalue weighted by Crippen LogP contribution is 2.18. The van der Waals surface area contributed by atoms with Crippen LogP contribution in [0.25, 0.3) is 0 Å². The summed E-state index contributed by atoms with van der Waals surface area (Å²) < 4.78 is 13.5. The van der Waals surface area contributed by atoms with Gasteiger partial charge in [0.2, 0.25) is 0 Å². The highest BCUT2D eigenvalue weighted by atomic mass is 35.5. The van der Waals surface area contributed by atoms with Gasteiger partial charge in [0.05, 0.1) is 5.56 Å². The summed E-state index contributed by atoms with van der Waals surface area (Å²) >= 11 is 5.62. The number of rotatable bonds is 2. The number of halogens is 2. The van der Waals surface area contributed by atoms with Gasteiger partial charge in [-0.05, 0) is 32.0 Å². The SMILES string of the molecule is Cc1[nH]nc(NC(=O)c2ccc(Cl)cc2F)c1C. The molecule has 1 aromatic heterocycles. The normalized spacial score (nSPS) is 10.4. The molecule has 18 heavy (non-hydrogen) atoms. The molecule has 4 nitrogen and oxygen atoms in total. The van der Waals surface area contributed by atoms with E-state index in [0.717, 1.165) is 17.3 Å². The van der Waals surface area contributed by atoms with Gasteiger partial charge in [0.1, 0.15) is 5.82 Å². The van der Waals surface area contributed by atoms with Crippen molar-refractivity contribution >= 4 is 23.3 Å². The Morgan fingerprint density at radius 3 is 2.72 bits per heavy atom. The molecule has 6 heteroatoms. The number of aryl methyl sites for hydroxylation is 1. The summed E-state index contributed by atoms with van der Waals surface area (Å²) in [4.78, 5) is 11.9. The number of aromatic nitrogens is 2. The van der Waals surface area contributed by atoms with Gasteiger partial charge in [0.25, 0.3) is 5.91 Å². The Balaban J connectivity index is 2.25. The zero-order chi connectivity index (χ0) is 13.3. The number of hydrogen-bond acceptors (Lipinski definition) is 2. The minimum atomic E-state index is -0.662. The van der Waals surface area contributed by atoms with Crippen molar-refractivity contribution in [1.29, 1.82) is 0 Å². The Bertz CT molecular complexity index is 609. The van der Waals surface area contributed by atoms with E-state index in [4.69, 9.17) is 11.6 Å². The summed E-state index contributed by atoms with van der Waals surface area (Å²) in [5.41, 5.74) is 1.60. The van der Waals surface area contributed by atoms with Crippen molar-refractivity contribution in [2.45, 2.75) is 13.8 Å². The zero-order valence-electron chi connectivity index (χ0n) is 9.84. The van der Waals surface area contributed by atoms with Gasteiger partial charge in [-0.1, -0.05) is 11.6 Å². The van der Waals surface area contributed by atoms with Crippen LogP contribution in [0, 0.1) is 19.7 Å². The number of anilines is 1. The van der Waals surface area contributed by atoms with Gasteiger partial charge in [-0.3, -0.25) is 9.89 Å². The molecule has 0 saturated carbocycles. The number of amides is 1. The molecule has 0 aliphatic heterocycles. The number of H-pyrrole nitrogens is 1. The van der Waals surface area contributed by atoms with E-state index >= 15 is 0 Å². The van der Waals surface area contributed by atoms with Crippen molar-refractivity contribution in [3.63, 3.8) is 0 Å². The lowest BCUT2D eigenvalue weighted by Gasteiger charge is -2.04. The number of carbonyl (C=O) groups is 1. The lowest BCUT2D eigenvalue weighted by molar-refractivity contribution is 0.102. The van der Waals surface area contributed by atoms with Crippen LogP contribution in [0.15, 0.2) is 18.2 Å². The van der Waals surface area contributed by atoms with Crippen LogP contribution in [0.4, 0.5) is 10.2 Å². The van der Waals surface area contributed by atoms with Crippen molar-refractivity contribution < 1.29 is 9.18 Å². The molecule has 0 saturated heterocycles. The molecule has 2 rings (SSSR count). The summed E-state index contributed by atoms with van der Waals surface area (Å²) in [6, 6.07) is 3.89. The maximum absolute atomic E-state index is 13.5. The van der Waals surface area contributed by atoms with E-state index < -0.39 is 11.7 Å². The molecule has 0 radical (unpaired) electrons. The van der Waals surface area contributed by atoms with Gasteiger partial charge < -0.3 is 5.32 Å². The lowest BCUT2D eigenvalue weighted by Crippen LogP contribution is -2.14. The van der Waals surface area contributed by atoms with Crippen LogP contribution in [0.1, 0.15) is 21.6 Å². The van der Waals surface area contributed by atoms with Crippen LogP contribution in [-0.4, -0.2) is 16.1 Å². The Labute approximate surface area is 108 Å². The molecule has 2 aromatic rings. The van der Waals surface area contributed by atoms with Gasteiger partial charge >= 0.3 is 0 Å². The fraction of sp³-hybridized carbons (Fsp3) is 0.167. The molecular formula is C12H11ClFN3O. The number of nitrogens with one attached hydrogen (secondary N) is 2. The number of carbonyl (C=O) groups excluding carboxylic acids is 1. The Morgan fingerprint density at radius 1 is 1.44 bits per heavy atom. The van der Waals surface area contributed by atoms with Crippen LogP contribution in [0.3, 0.4) is 0 Å². The average molecular weight is 268 g/mol. The molecule has 2 N–H and O–H groups in total. The van der Waals surface area contributed by atoms with Crippen molar-refractivity contribution in [1.82, 2.24) is 10.2 Å². The van der Waals surface area contributed by atoms with Crippen LogP contribution < -0.4 is 5.32 Å². The first-order valence-electron chi connectivity index (χ1n) is 5.27. The molecule has 0 fully saturated rings. The second kappa shape index (κ2) is 4.78. The number of nitrogens with zero attached hydrogens (tertiary/aromatic N) is 1. The predicted octanol–water partition coefficient (Wildman–Crippen LogP) is 3.07. The first-order valence-corrected chi connectivity index (χ1v) is 5.65. The molecule has 1 heterocycles. The Kier molecular flexibility index (Phi) is 3.34. The third kappa shape index (κ3) is 2.36. The minimum absolute atomic E-state index is 0.0700. The van der Waals surface area contributed by atoms with Crippen molar-refractivity contribution in [2.75, 3.05) is 5.32 Å². The predicted molar refractivity (Wildman–Crippen MR) is 67.4 cm³/mol. The maximum Gasteiger partial charge on any atom is 0.259 e. The molecule has 0 aliphatic rings. The number of hydrogen-bond donors (Lipinski definition) is 2. The molecule has 1 aromatic carbocycles. The van der Waals surface area contributed by atoms with E-state index in [1.807, 2.05) is 13.8 Å². The topological polar surface area (TPSA) is 57.8 Å². The van der Waals surface area contributed by atoms with E-state index in [0.29, 0.717) is 5.82 Å². The molecule has 1 amide bonds. The summed E-state index contributed by atoms with van der Waals surface area (Å²) in [6.45, 7) is 3.65. The van der Waals surface area contributed by atoms with E-state index in [1.165, 1.54) is 12.1 Å². The molecular weight excluding hydrogens is 257 g/mol. The molecule has 94 valence electrons. The van der Waals surface area contributed by atoms with Gasteiger partial charge in [-0.25, -0.2) is 4.39 Å². The van der Waals surface area contributed by atoms with Crippen molar-refractivity contribution in [3.8, 4) is 0 Å². The van der Waals surface area contributed by atoms with Gasteiger partial charge in [0, 0.05) is 16.3 Å². The van der Waals surface area contributed by atoms with Crippen LogP contribution in [0.2, 0.25) is 5.02 Å². The third-order valence-corrected chi connectivity index (χ3v) is 2.90. The third-order valence-electron chi connectivity index (χ3n) is 2.66. The zero-order valence-corrected chi connectivity index (χ0v) is 10.6. The van der Waals surface area contributed by atoms with Crippen LogP contribution in [0.5, 0.6) is 0 Å². The monoisotopic (exact) mass is 267 g/mol. The van der Waals surface area contributed by atoms with E-state index in [-0.39, 0.29) is 10.6 Å². The highest BCUT2D eigenvalue weighted by Gasteiger charge is 2.15. The maximum atomic E-state index is 13.5. The summed E-state index contributed by atoms with van der Waals surface area (Å²) in [5, 5.41) is 9.45. The van der Waals surface area contributed by atoms with E-state index in [9.17, 15) is 9.18 Å². The molecule has 0 spiro atoms. The average Bonchev–Trinajstić information content (AvgIpc) is 2.61. The molecule has 0 unspecified atom stereocenters. The first-order chi connectivity index (χ1) is 8.49. The lowest BCUT2D eigenvalue weighted by atomic mass is 10.2. The molecule has 0 atom stereocenters. The molecule has 0 bridgehead atoms. The fourth-order valence-electron chi connectivity index (χ4n) is 1.46.